The summed E-state index contributed by atoms with van der Waals surface area (Å²) in [4.78, 5) is 13.2. The average Bonchev–Trinajstić information content (AvgIpc) is 3.13. The number of carbonyl (C=O) groups is 1. The van der Waals surface area contributed by atoms with Crippen LogP contribution in [0.3, 0.4) is 0 Å². The maximum atomic E-state index is 13.2. The number of phenolic OH excluding ortho intramolecular Hbond substituents is 2. The molecule has 2 aliphatic heterocycles. The van der Waals surface area contributed by atoms with E-state index in [1.165, 1.54) is 24.3 Å². The average molecular weight is 503 g/mol. The van der Waals surface area contributed by atoms with E-state index in [-0.39, 0.29) is 11.5 Å². The van der Waals surface area contributed by atoms with Gasteiger partial charge in [0.1, 0.15) is 23.0 Å². The molecule has 0 unspecified atom stereocenters. The van der Waals surface area contributed by atoms with Crippen LogP contribution in [0, 0.1) is 12.3 Å². The van der Waals surface area contributed by atoms with Crippen LogP contribution in [0.25, 0.3) is 0 Å². The van der Waals surface area contributed by atoms with Crippen LogP contribution in [0.15, 0.2) is 54.6 Å². The minimum atomic E-state index is -1.30. The van der Waals surface area contributed by atoms with E-state index in [0.29, 0.717) is 70.7 Å². The lowest BCUT2D eigenvalue weighted by Gasteiger charge is -2.36. The number of fused-ring (bicyclic) bond motifs is 6. The fourth-order valence-corrected chi connectivity index (χ4v) is 4.65. The van der Waals surface area contributed by atoms with Crippen molar-refractivity contribution < 1.29 is 29.2 Å². The summed E-state index contributed by atoms with van der Waals surface area (Å²) in [5.74, 6) is 2.64. The molecule has 9 heteroatoms. The van der Waals surface area contributed by atoms with Gasteiger partial charge in [-0.15, -0.1) is 12.3 Å². The van der Waals surface area contributed by atoms with Crippen LogP contribution in [0.4, 0.5) is 5.69 Å². The van der Waals surface area contributed by atoms with Crippen LogP contribution >= 0.6 is 12.2 Å². The molecule has 5 rings (SSSR count). The number of aromatic hydroxyl groups is 2. The van der Waals surface area contributed by atoms with E-state index in [2.05, 4.69) is 16.6 Å². The Morgan fingerprint density at radius 1 is 1.00 bits per heavy atom. The summed E-state index contributed by atoms with van der Waals surface area (Å²) < 4.78 is 17.4. The van der Waals surface area contributed by atoms with Gasteiger partial charge in [-0.2, -0.15) is 0 Å². The Morgan fingerprint density at radius 3 is 2.33 bits per heavy atom. The van der Waals surface area contributed by atoms with Crippen molar-refractivity contribution in [2.75, 3.05) is 25.1 Å². The number of carbonyl (C=O) groups excluding carboxylic acids is 1. The molecule has 0 bridgehead atoms. The first kappa shape index (κ1) is 23.5. The molecule has 1 spiro atoms. The van der Waals surface area contributed by atoms with Gasteiger partial charge in [-0.25, -0.2) is 4.79 Å². The summed E-state index contributed by atoms with van der Waals surface area (Å²) >= 11 is 5.35. The minimum Gasteiger partial charge on any atom is -0.508 e. The number of anilines is 1. The molecule has 0 aliphatic carbocycles. The Kier molecular flexibility index (Phi) is 6.14. The van der Waals surface area contributed by atoms with Crippen LogP contribution in [-0.2, 0) is 15.1 Å². The van der Waals surface area contributed by atoms with Crippen molar-refractivity contribution in [1.82, 2.24) is 5.32 Å². The maximum absolute atomic E-state index is 13.2. The molecular formula is C27H22N2O6S. The van der Waals surface area contributed by atoms with E-state index in [9.17, 15) is 15.0 Å². The molecule has 3 aromatic carbocycles. The molecule has 0 aromatic heterocycles. The quantitative estimate of drug-likeness (QED) is 0.172. The minimum absolute atomic E-state index is 0.000873. The van der Waals surface area contributed by atoms with Crippen LogP contribution in [0.1, 0.15) is 33.5 Å². The van der Waals surface area contributed by atoms with Gasteiger partial charge >= 0.3 is 5.97 Å². The second-order valence-corrected chi connectivity index (χ2v) is 8.65. The molecule has 0 fully saturated rings. The van der Waals surface area contributed by atoms with E-state index in [1.54, 1.807) is 30.3 Å². The van der Waals surface area contributed by atoms with Crippen molar-refractivity contribution in [2.45, 2.75) is 12.0 Å². The normalized spacial score (nSPS) is 14.0. The second kappa shape index (κ2) is 9.41. The number of hydrogen-bond donors (Lipinski definition) is 4. The number of terminal acetylenes is 1. The second-order valence-electron chi connectivity index (χ2n) is 8.24. The van der Waals surface area contributed by atoms with Crippen molar-refractivity contribution in [1.29, 1.82) is 0 Å². The topological polar surface area (TPSA) is 109 Å². The van der Waals surface area contributed by atoms with Crippen molar-refractivity contribution in [3.05, 3.63) is 76.9 Å². The van der Waals surface area contributed by atoms with Gasteiger partial charge in [-0.1, -0.05) is 6.07 Å². The van der Waals surface area contributed by atoms with E-state index >= 15 is 0 Å². The monoisotopic (exact) mass is 502 g/mol. The van der Waals surface area contributed by atoms with Gasteiger partial charge in [-0.05, 0) is 48.6 Å². The summed E-state index contributed by atoms with van der Waals surface area (Å²) in [7, 11) is 0. The largest absolute Gasteiger partial charge is 0.508 e. The van der Waals surface area contributed by atoms with E-state index in [1.807, 2.05) is 0 Å². The zero-order chi connectivity index (χ0) is 25.3. The summed E-state index contributed by atoms with van der Waals surface area (Å²) in [6.45, 7) is 1.44. The standard InChI is InChI=1S/C27H22N2O6S/c1-2-3-11-33-12-10-28-26(36)29-16-4-7-20-19(13-16)25(32)35-27(20)21-8-5-17(30)14-23(21)34-24-15-18(31)6-9-22(24)27/h1,4-9,13-15,30-31H,3,10-12H2,(H2,28,29,36). The van der Waals surface area contributed by atoms with Gasteiger partial charge in [0.25, 0.3) is 0 Å². The van der Waals surface area contributed by atoms with Crippen molar-refractivity contribution in [3.63, 3.8) is 0 Å². The van der Waals surface area contributed by atoms with Gasteiger partial charge in [0.2, 0.25) is 0 Å². The van der Waals surface area contributed by atoms with Crippen molar-refractivity contribution in [2.24, 2.45) is 0 Å². The number of esters is 1. The first-order chi connectivity index (χ1) is 17.4. The third-order valence-electron chi connectivity index (χ3n) is 5.95. The Labute approximate surface area is 212 Å². The van der Waals surface area contributed by atoms with Gasteiger partial charge < -0.3 is 35.1 Å². The summed E-state index contributed by atoms with van der Waals surface area (Å²) in [5, 5.41) is 26.5. The molecule has 182 valence electrons. The fraction of sp³-hybridized carbons (Fsp3) is 0.185. The molecule has 4 N–H and O–H groups in total. The lowest BCUT2D eigenvalue weighted by molar-refractivity contribution is 0.0224. The van der Waals surface area contributed by atoms with Crippen molar-refractivity contribution in [3.8, 4) is 35.3 Å². The Hall–Kier alpha value is -4.26. The lowest BCUT2D eigenvalue weighted by atomic mass is 9.77. The summed E-state index contributed by atoms with van der Waals surface area (Å²) in [6.07, 6.45) is 5.75. The van der Waals surface area contributed by atoms with E-state index < -0.39 is 11.6 Å². The van der Waals surface area contributed by atoms with E-state index in [0.717, 1.165) is 0 Å². The number of nitrogens with one attached hydrogen (secondary N) is 2. The summed E-state index contributed by atoms with van der Waals surface area (Å²) in [6, 6.07) is 14.5. The maximum Gasteiger partial charge on any atom is 0.340 e. The Balaban J connectivity index is 1.45. The number of hydrogen-bond acceptors (Lipinski definition) is 7. The number of ether oxygens (including phenoxy) is 3. The predicted molar refractivity (Wildman–Crippen MR) is 137 cm³/mol. The highest BCUT2D eigenvalue weighted by molar-refractivity contribution is 7.80. The molecule has 3 aromatic rings. The first-order valence-corrected chi connectivity index (χ1v) is 11.6. The van der Waals surface area contributed by atoms with Crippen LogP contribution in [-0.4, -0.2) is 41.1 Å². The zero-order valence-corrected chi connectivity index (χ0v) is 19.9. The molecule has 0 saturated heterocycles. The molecule has 2 aliphatic rings. The molecule has 0 amide bonds. The molecule has 0 atom stereocenters. The smallest absolute Gasteiger partial charge is 0.340 e. The number of thiocarbonyl (C=S) groups is 1. The fourth-order valence-electron chi connectivity index (χ4n) is 4.43. The van der Waals surface area contributed by atoms with Crippen molar-refractivity contribution >= 4 is 29.0 Å². The number of rotatable bonds is 6. The SMILES string of the molecule is C#CCCOCCNC(=S)Nc1ccc2c(c1)C(=O)OC21c2ccc(O)cc2Oc2cc(O)ccc21. The van der Waals surface area contributed by atoms with Gasteiger partial charge in [0.05, 0.1) is 18.8 Å². The van der Waals surface area contributed by atoms with Gasteiger partial charge in [0.15, 0.2) is 10.7 Å². The Morgan fingerprint density at radius 2 is 1.67 bits per heavy atom. The van der Waals surface area contributed by atoms with Crippen LogP contribution in [0.2, 0.25) is 0 Å². The number of phenols is 2. The zero-order valence-electron chi connectivity index (χ0n) is 19.0. The predicted octanol–water partition coefficient (Wildman–Crippen LogP) is 3.99. The first-order valence-electron chi connectivity index (χ1n) is 11.2. The number of benzene rings is 3. The van der Waals surface area contributed by atoms with Crippen LogP contribution in [0.5, 0.6) is 23.0 Å². The molecule has 8 nitrogen and oxygen atoms in total. The molecule has 0 radical (unpaired) electrons. The highest BCUT2D eigenvalue weighted by Crippen LogP contribution is 2.57. The van der Waals surface area contributed by atoms with Crippen LogP contribution < -0.4 is 15.4 Å². The molecule has 2 heterocycles. The lowest BCUT2D eigenvalue weighted by Crippen LogP contribution is -2.33. The summed E-state index contributed by atoms with van der Waals surface area (Å²) in [5.41, 5.74) is 1.41. The third kappa shape index (κ3) is 4.06. The molecule has 36 heavy (non-hydrogen) atoms. The Bertz CT molecular complexity index is 1360. The highest BCUT2D eigenvalue weighted by atomic mass is 32.1. The molecular weight excluding hydrogens is 480 g/mol. The van der Waals surface area contributed by atoms with Gasteiger partial charge in [0, 0.05) is 47.5 Å². The van der Waals surface area contributed by atoms with E-state index in [4.69, 9.17) is 32.9 Å². The van der Waals surface area contributed by atoms with Gasteiger partial charge in [-0.3, -0.25) is 0 Å². The highest BCUT2D eigenvalue weighted by Gasteiger charge is 2.53. The molecule has 0 saturated carbocycles. The third-order valence-corrected chi connectivity index (χ3v) is 6.20.